The Morgan fingerprint density at radius 2 is 1.51 bits per heavy atom. The minimum atomic E-state index is -3.01. The number of nitrogens with zero attached hydrogens (tertiary/aromatic N) is 2. The lowest BCUT2D eigenvalue weighted by molar-refractivity contribution is -0.137. The second-order valence-electron chi connectivity index (χ2n) is 8.60. The monoisotopic (exact) mass is 538 g/mol. The van der Waals surface area contributed by atoms with Crippen LogP contribution in [0.1, 0.15) is 18.9 Å². The number of methoxy groups -OCH3 is 1. The summed E-state index contributed by atoms with van der Waals surface area (Å²) in [4.78, 5) is 13.6. The van der Waals surface area contributed by atoms with Crippen molar-refractivity contribution in [1.29, 1.82) is 0 Å². The van der Waals surface area contributed by atoms with E-state index in [-0.39, 0.29) is 12.5 Å². The molecule has 0 aliphatic carbocycles. The van der Waals surface area contributed by atoms with Crippen LogP contribution in [0.3, 0.4) is 0 Å². The maximum atomic E-state index is 12.5. The van der Waals surface area contributed by atoms with Crippen LogP contribution >= 0.6 is 11.6 Å². The molecule has 0 spiro atoms. The van der Waals surface area contributed by atoms with E-state index in [0.717, 1.165) is 22.0 Å². The molecule has 0 unspecified atom stereocenters. The van der Waals surface area contributed by atoms with Crippen molar-refractivity contribution in [3.63, 3.8) is 0 Å². The molecule has 1 atom stereocenters. The highest BCUT2D eigenvalue weighted by atomic mass is 35.5. The van der Waals surface area contributed by atoms with Gasteiger partial charge in [-0.15, -0.1) is 0 Å². The van der Waals surface area contributed by atoms with Gasteiger partial charge in [0.05, 0.1) is 24.9 Å². The number of rotatable bonds is 10. The fourth-order valence-corrected chi connectivity index (χ4v) is 5.17. The molecule has 4 aromatic rings. The number of fused-ring (bicyclic) bond motifs is 1. The summed E-state index contributed by atoms with van der Waals surface area (Å²) in [6.07, 6.45) is -0.0614. The summed E-state index contributed by atoms with van der Waals surface area (Å²) in [5, 5.41) is 11.7. The average Bonchev–Trinajstić information content (AvgIpc) is 2.88. The van der Waals surface area contributed by atoms with E-state index in [0.29, 0.717) is 28.7 Å². The van der Waals surface area contributed by atoms with Gasteiger partial charge in [0.25, 0.3) is 0 Å². The maximum Gasteiger partial charge on any atom is 0.305 e. The number of carboxylic acids is 1. The Balaban J connectivity index is 1.85. The van der Waals surface area contributed by atoms with Crippen LogP contribution in [0.15, 0.2) is 84.9 Å². The SMILES string of the molecule is COc1ccc(N(c2ccc(N(Cc3ccc(Cl)cc3)[C@@H](C)CC(=O)O)c3ccccc23)[SH](=O)=O)cc1. The van der Waals surface area contributed by atoms with Crippen LogP contribution in [0.4, 0.5) is 17.1 Å². The second-order valence-corrected chi connectivity index (χ2v) is 9.91. The van der Waals surface area contributed by atoms with Gasteiger partial charge in [-0.1, -0.05) is 48.0 Å². The third-order valence-electron chi connectivity index (χ3n) is 6.16. The summed E-state index contributed by atoms with van der Waals surface area (Å²) >= 11 is 6.06. The van der Waals surface area contributed by atoms with Gasteiger partial charge in [-0.3, -0.25) is 4.79 Å². The quantitative estimate of drug-likeness (QED) is 0.239. The lowest BCUT2D eigenvalue weighted by atomic mass is 10.0. The summed E-state index contributed by atoms with van der Waals surface area (Å²) in [5.74, 6) is -0.279. The molecule has 1 N–H and O–H groups in total. The van der Waals surface area contributed by atoms with E-state index >= 15 is 0 Å². The van der Waals surface area contributed by atoms with Crippen LogP contribution < -0.4 is 13.9 Å². The highest BCUT2D eigenvalue weighted by molar-refractivity contribution is 7.74. The molecule has 0 amide bonds. The number of hydrogen-bond donors (Lipinski definition) is 2. The Kier molecular flexibility index (Phi) is 8.21. The number of halogens is 1. The highest BCUT2D eigenvalue weighted by Gasteiger charge is 2.23. The highest BCUT2D eigenvalue weighted by Crippen LogP contribution is 2.39. The molecule has 9 heteroatoms. The molecule has 7 nitrogen and oxygen atoms in total. The van der Waals surface area contributed by atoms with Crippen molar-refractivity contribution in [1.82, 2.24) is 0 Å². The fraction of sp³-hybridized carbons (Fsp3) is 0.179. The van der Waals surface area contributed by atoms with Crippen molar-refractivity contribution >= 4 is 56.3 Å². The molecule has 4 aromatic carbocycles. The number of aliphatic carboxylic acids is 1. The van der Waals surface area contributed by atoms with Gasteiger partial charge in [-0.2, -0.15) is 0 Å². The van der Waals surface area contributed by atoms with Crippen LogP contribution in [0, 0.1) is 0 Å². The van der Waals surface area contributed by atoms with Gasteiger partial charge >= 0.3 is 5.97 Å². The van der Waals surface area contributed by atoms with Gasteiger partial charge in [-0.25, -0.2) is 12.7 Å². The summed E-state index contributed by atoms with van der Waals surface area (Å²) in [6.45, 7) is 2.32. The van der Waals surface area contributed by atoms with Crippen LogP contribution in [-0.2, 0) is 22.2 Å². The topological polar surface area (TPSA) is 87.2 Å². The first-order valence-corrected chi connectivity index (χ1v) is 13.1. The van der Waals surface area contributed by atoms with E-state index in [2.05, 4.69) is 0 Å². The lowest BCUT2D eigenvalue weighted by Gasteiger charge is -2.33. The van der Waals surface area contributed by atoms with Gasteiger partial charge in [0.15, 0.2) is 0 Å². The van der Waals surface area contributed by atoms with E-state index in [1.807, 2.05) is 54.3 Å². The normalized spacial score (nSPS) is 11.9. The minimum absolute atomic E-state index is 0.0614. The summed E-state index contributed by atoms with van der Waals surface area (Å²) in [7, 11) is -1.46. The number of thiol groups is 1. The molecular weight excluding hydrogens is 512 g/mol. The largest absolute Gasteiger partial charge is 0.497 e. The van der Waals surface area contributed by atoms with Crippen molar-refractivity contribution in [3.05, 3.63) is 95.5 Å². The van der Waals surface area contributed by atoms with Gasteiger partial charge in [-0.05, 0) is 61.0 Å². The number of anilines is 3. The Morgan fingerprint density at radius 1 is 0.919 bits per heavy atom. The number of carbonyl (C=O) groups is 1. The van der Waals surface area contributed by atoms with E-state index < -0.39 is 16.9 Å². The van der Waals surface area contributed by atoms with E-state index in [1.165, 1.54) is 4.31 Å². The van der Waals surface area contributed by atoms with E-state index in [4.69, 9.17) is 16.3 Å². The predicted octanol–water partition coefficient (Wildman–Crippen LogP) is 6.04. The molecule has 0 heterocycles. The molecule has 0 aliphatic heterocycles. The van der Waals surface area contributed by atoms with E-state index in [1.54, 1.807) is 49.6 Å². The zero-order valence-electron chi connectivity index (χ0n) is 20.4. The molecule has 4 rings (SSSR count). The number of carboxylic acid groups (broad SMARTS) is 1. The van der Waals surface area contributed by atoms with Gasteiger partial charge in [0.2, 0.25) is 10.9 Å². The van der Waals surface area contributed by atoms with Crippen molar-refractivity contribution in [2.75, 3.05) is 16.3 Å². The van der Waals surface area contributed by atoms with Crippen molar-refractivity contribution < 1.29 is 23.1 Å². The first-order valence-electron chi connectivity index (χ1n) is 11.6. The first-order chi connectivity index (χ1) is 17.8. The third kappa shape index (κ3) is 5.98. The number of benzene rings is 4. The molecule has 0 fully saturated rings. The standard InChI is InChI=1S/C28H27ClN2O5S/c1-19(17-28(32)33)30(18-20-7-9-21(29)10-8-20)26-15-16-27(25-6-4-3-5-24(25)26)31(37(34)35)22-11-13-23(36-2)14-12-22/h3-16,19,37H,17-18H2,1-2H3,(H,32,33)/t19-/m0/s1. The average molecular weight is 539 g/mol. The molecule has 37 heavy (non-hydrogen) atoms. The second kappa shape index (κ2) is 11.5. The maximum absolute atomic E-state index is 12.5. The Bertz CT molecular complexity index is 1460. The van der Waals surface area contributed by atoms with Gasteiger partial charge in [0.1, 0.15) is 5.75 Å². The Morgan fingerprint density at radius 3 is 2.08 bits per heavy atom. The number of hydrogen-bond acceptors (Lipinski definition) is 5. The number of ether oxygens (including phenoxy) is 1. The lowest BCUT2D eigenvalue weighted by Crippen LogP contribution is -2.34. The first kappa shape index (κ1) is 26.3. The van der Waals surface area contributed by atoms with Gasteiger partial charge in [0, 0.05) is 34.1 Å². The van der Waals surface area contributed by atoms with Crippen LogP contribution in [0.25, 0.3) is 10.8 Å². The molecule has 192 valence electrons. The van der Waals surface area contributed by atoms with Crippen molar-refractivity contribution in [2.45, 2.75) is 25.9 Å². The van der Waals surface area contributed by atoms with Crippen LogP contribution in [0.2, 0.25) is 5.02 Å². The fourth-order valence-electron chi connectivity index (χ4n) is 4.38. The Labute approximate surface area is 222 Å². The van der Waals surface area contributed by atoms with Crippen LogP contribution in [-0.4, -0.2) is 32.6 Å². The molecule has 0 radical (unpaired) electrons. The third-order valence-corrected chi connectivity index (χ3v) is 7.19. The van der Waals surface area contributed by atoms with Gasteiger partial charge < -0.3 is 14.7 Å². The van der Waals surface area contributed by atoms with Crippen LogP contribution in [0.5, 0.6) is 5.75 Å². The minimum Gasteiger partial charge on any atom is -0.497 e. The van der Waals surface area contributed by atoms with Crippen molar-refractivity contribution in [3.8, 4) is 5.75 Å². The summed E-state index contributed by atoms with van der Waals surface area (Å²) < 4.78 is 31.4. The summed E-state index contributed by atoms with van der Waals surface area (Å²) in [5.41, 5.74) is 2.75. The van der Waals surface area contributed by atoms with Crippen molar-refractivity contribution in [2.24, 2.45) is 0 Å². The molecule has 0 saturated heterocycles. The molecule has 0 saturated carbocycles. The van der Waals surface area contributed by atoms with E-state index in [9.17, 15) is 18.3 Å². The smallest absolute Gasteiger partial charge is 0.305 e. The zero-order valence-corrected chi connectivity index (χ0v) is 22.0. The molecule has 0 bridgehead atoms. The molecule has 0 aromatic heterocycles. The predicted molar refractivity (Wildman–Crippen MR) is 149 cm³/mol. The Hall–Kier alpha value is -3.75. The molecular formula is C28H27ClN2O5S. The zero-order chi connectivity index (χ0) is 26.5. The summed E-state index contributed by atoms with van der Waals surface area (Å²) in [6, 6.07) is 25.0. The molecule has 0 aliphatic rings.